The van der Waals surface area contributed by atoms with Crippen molar-refractivity contribution in [2.75, 3.05) is 17.6 Å². The molecule has 2 aliphatic rings. The van der Waals surface area contributed by atoms with Crippen LogP contribution in [0.15, 0.2) is 0 Å². The second-order valence-electron chi connectivity index (χ2n) is 4.66. The monoisotopic (exact) mass is 305 g/mol. The second kappa shape index (κ2) is 6.29. The van der Waals surface area contributed by atoms with Gasteiger partial charge >= 0.3 is 0 Å². The van der Waals surface area contributed by atoms with Gasteiger partial charge in [-0.05, 0) is 44.3 Å². The summed E-state index contributed by atoms with van der Waals surface area (Å²) in [6.45, 7) is 0.950. The van der Waals surface area contributed by atoms with Gasteiger partial charge in [-0.2, -0.15) is 0 Å². The van der Waals surface area contributed by atoms with Gasteiger partial charge in [0.05, 0.1) is 5.25 Å². The van der Waals surface area contributed by atoms with E-state index in [1.807, 2.05) is 11.8 Å². The van der Waals surface area contributed by atoms with Crippen molar-refractivity contribution in [1.29, 1.82) is 0 Å². The molecular weight excluding hydrogens is 286 g/mol. The van der Waals surface area contributed by atoms with Crippen LogP contribution in [0.5, 0.6) is 0 Å². The van der Waals surface area contributed by atoms with Crippen molar-refractivity contribution in [3.05, 3.63) is 0 Å². The Kier molecular flexibility index (Phi) is 5.01. The molecular formula is C12H20BrNOS. The molecule has 1 atom stereocenters. The van der Waals surface area contributed by atoms with E-state index in [-0.39, 0.29) is 5.25 Å². The van der Waals surface area contributed by atoms with Crippen molar-refractivity contribution in [3.63, 3.8) is 0 Å². The molecule has 2 nitrogen and oxygen atoms in total. The van der Waals surface area contributed by atoms with E-state index in [1.54, 1.807) is 0 Å². The SMILES string of the molecule is O=C(C1CCCS1)N(CCCBr)C1CCC1. The lowest BCUT2D eigenvalue weighted by atomic mass is 9.91. The number of hydrogen-bond acceptors (Lipinski definition) is 2. The zero-order chi connectivity index (χ0) is 11.4. The molecule has 1 saturated heterocycles. The predicted octanol–water partition coefficient (Wildman–Crippen LogP) is 3.05. The predicted molar refractivity (Wildman–Crippen MR) is 73.2 cm³/mol. The van der Waals surface area contributed by atoms with Crippen LogP contribution < -0.4 is 0 Å². The fraction of sp³-hybridized carbons (Fsp3) is 0.917. The minimum atomic E-state index is 0.274. The van der Waals surface area contributed by atoms with Gasteiger partial charge in [-0.25, -0.2) is 0 Å². The molecule has 4 heteroatoms. The summed E-state index contributed by atoms with van der Waals surface area (Å²) in [5.74, 6) is 1.60. The first-order valence-electron chi connectivity index (χ1n) is 6.31. The number of thioether (sulfide) groups is 1. The molecule has 2 fully saturated rings. The van der Waals surface area contributed by atoms with Crippen LogP contribution in [0, 0.1) is 0 Å². The zero-order valence-electron chi connectivity index (χ0n) is 9.66. The molecule has 1 heterocycles. The topological polar surface area (TPSA) is 20.3 Å². The van der Waals surface area contributed by atoms with Crippen LogP contribution in [0.4, 0.5) is 0 Å². The Morgan fingerprint density at radius 3 is 2.62 bits per heavy atom. The van der Waals surface area contributed by atoms with Crippen LogP contribution in [-0.2, 0) is 4.79 Å². The highest BCUT2D eigenvalue weighted by atomic mass is 79.9. The van der Waals surface area contributed by atoms with E-state index in [9.17, 15) is 4.79 Å². The van der Waals surface area contributed by atoms with Crippen LogP contribution in [0.1, 0.15) is 38.5 Å². The third-order valence-electron chi connectivity index (χ3n) is 3.54. The number of carbonyl (C=O) groups is 1. The number of rotatable bonds is 5. The van der Waals surface area contributed by atoms with Crippen molar-refractivity contribution >= 4 is 33.6 Å². The summed E-state index contributed by atoms with van der Waals surface area (Å²) in [7, 11) is 0. The maximum Gasteiger partial charge on any atom is 0.235 e. The molecule has 0 N–H and O–H groups in total. The maximum atomic E-state index is 12.4. The first-order chi connectivity index (χ1) is 7.83. The maximum absolute atomic E-state index is 12.4. The van der Waals surface area contributed by atoms with Crippen LogP contribution in [-0.4, -0.2) is 39.7 Å². The van der Waals surface area contributed by atoms with Crippen LogP contribution >= 0.6 is 27.7 Å². The van der Waals surface area contributed by atoms with E-state index in [0.717, 1.165) is 24.7 Å². The summed E-state index contributed by atoms with van der Waals surface area (Å²) < 4.78 is 0. The van der Waals surface area contributed by atoms with Gasteiger partial charge in [0.15, 0.2) is 0 Å². The van der Waals surface area contributed by atoms with Crippen molar-refractivity contribution < 1.29 is 4.79 Å². The van der Waals surface area contributed by atoms with Gasteiger partial charge in [0.2, 0.25) is 5.91 Å². The summed E-state index contributed by atoms with van der Waals surface area (Å²) in [6, 6.07) is 0.563. The second-order valence-corrected chi connectivity index (χ2v) is 6.76. The Morgan fingerprint density at radius 2 is 2.12 bits per heavy atom. The Labute approximate surface area is 111 Å². The Hall–Kier alpha value is 0.300. The van der Waals surface area contributed by atoms with E-state index in [4.69, 9.17) is 0 Å². The highest BCUT2D eigenvalue weighted by molar-refractivity contribution is 9.09. The minimum Gasteiger partial charge on any atom is -0.339 e. The summed E-state index contributed by atoms with van der Waals surface area (Å²) in [5.41, 5.74) is 0. The van der Waals surface area contributed by atoms with Crippen LogP contribution in [0.25, 0.3) is 0 Å². The molecule has 92 valence electrons. The van der Waals surface area contributed by atoms with Crippen molar-refractivity contribution in [3.8, 4) is 0 Å². The van der Waals surface area contributed by atoms with Crippen molar-refractivity contribution in [2.24, 2.45) is 0 Å². The molecule has 1 saturated carbocycles. The average Bonchev–Trinajstić information content (AvgIpc) is 2.73. The Balaban J connectivity index is 1.90. The van der Waals surface area contributed by atoms with E-state index in [0.29, 0.717) is 11.9 Å². The number of nitrogens with zero attached hydrogens (tertiary/aromatic N) is 1. The van der Waals surface area contributed by atoms with Gasteiger partial charge in [-0.1, -0.05) is 15.9 Å². The summed E-state index contributed by atoms with van der Waals surface area (Å²) in [6.07, 6.45) is 7.16. The normalized spacial score (nSPS) is 25.4. The molecule has 0 aromatic carbocycles. The molecule has 2 rings (SSSR count). The standard InChI is InChI=1S/C12H20BrNOS/c13-7-3-8-14(10-4-1-5-10)12(15)11-6-2-9-16-11/h10-11H,1-9H2. The average molecular weight is 306 g/mol. The molecule has 0 aromatic heterocycles. The van der Waals surface area contributed by atoms with Crippen LogP contribution in [0.3, 0.4) is 0 Å². The van der Waals surface area contributed by atoms with Gasteiger partial charge in [0.25, 0.3) is 0 Å². The molecule has 0 aromatic rings. The number of carbonyl (C=O) groups excluding carboxylic acids is 1. The molecule has 1 aliphatic heterocycles. The molecule has 0 radical (unpaired) electrons. The number of alkyl halides is 1. The van der Waals surface area contributed by atoms with Gasteiger partial charge in [0, 0.05) is 17.9 Å². The molecule has 0 spiro atoms. The fourth-order valence-electron chi connectivity index (χ4n) is 2.36. The number of hydrogen-bond donors (Lipinski definition) is 0. The van der Waals surface area contributed by atoms with E-state index in [1.165, 1.54) is 31.4 Å². The third kappa shape index (κ3) is 2.95. The summed E-state index contributed by atoms with van der Waals surface area (Å²) in [5, 5.41) is 1.28. The fourth-order valence-corrected chi connectivity index (χ4v) is 3.84. The minimum absolute atomic E-state index is 0.274. The zero-order valence-corrected chi connectivity index (χ0v) is 12.1. The first-order valence-corrected chi connectivity index (χ1v) is 8.48. The lowest BCUT2D eigenvalue weighted by Gasteiger charge is -2.38. The van der Waals surface area contributed by atoms with Crippen LogP contribution in [0.2, 0.25) is 0 Å². The highest BCUT2D eigenvalue weighted by Gasteiger charge is 2.33. The number of amides is 1. The Bertz CT molecular complexity index is 239. The largest absolute Gasteiger partial charge is 0.339 e. The van der Waals surface area contributed by atoms with Gasteiger partial charge in [0.1, 0.15) is 0 Å². The first kappa shape index (κ1) is 12.7. The van der Waals surface area contributed by atoms with Crippen molar-refractivity contribution in [1.82, 2.24) is 4.90 Å². The molecule has 16 heavy (non-hydrogen) atoms. The smallest absolute Gasteiger partial charge is 0.235 e. The van der Waals surface area contributed by atoms with E-state index in [2.05, 4.69) is 20.8 Å². The third-order valence-corrected chi connectivity index (χ3v) is 5.46. The molecule has 1 unspecified atom stereocenters. The van der Waals surface area contributed by atoms with Gasteiger partial charge in [-0.3, -0.25) is 4.79 Å². The lowest BCUT2D eigenvalue weighted by Crippen LogP contribution is -2.47. The van der Waals surface area contributed by atoms with Gasteiger partial charge < -0.3 is 4.90 Å². The van der Waals surface area contributed by atoms with Gasteiger partial charge in [-0.15, -0.1) is 11.8 Å². The number of halogens is 1. The lowest BCUT2D eigenvalue weighted by molar-refractivity contribution is -0.134. The van der Waals surface area contributed by atoms with E-state index >= 15 is 0 Å². The molecule has 1 aliphatic carbocycles. The summed E-state index contributed by atoms with van der Waals surface area (Å²) in [4.78, 5) is 14.5. The Morgan fingerprint density at radius 1 is 1.31 bits per heavy atom. The van der Waals surface area contributed by atoms with Crippen molar-refractivity contribution in [2.45, 2.75) is 49.8 Å². The molecule has 1 amide bonds. The summed E-state index contributed by atoms with van der Waals surface area (Å²) >= 11 is 5.32. The highest BCUT2D eigenvalue weighted by Crippen LogP contribution is 2.32. The van der Waals surface area contributed by atoms with E-state index < -0.39 is 0 Å². The molecule has 0 bridgehead atoms. The quantitative estimate of drug-likeness (QED) is 0.728.